The van der Waals surface area contributed by atoms with Crippen LogP contribution < -0.4 is 10.6 Å². The molecule has 0 radical (unpaired) electrons. The van der Waals surface area contributed by atoms with Gasteiger partial charge < -0.3 is 15.4 Å². The molecule has 2 N–H and O–H groups in total. The molecule has 0 saturated heterocycles. The van der Waals surface area contributed by atoms with Gasteiger partial charge in [-0.25, -0.2) is 0 Å². The maximum Gasteiger partial charge on any atom is 0.161 e. The van der Waals surface area contributed by atoms with Crippen molar-refractivity contribution in [1.82, 2.24) is 0 Å². The van der Waals surface area contributed by atoms with Crippen molar-refractivity contribution in [3.05, 3.63) is 23.8 Å². The van der Waals surface area contributed by atoms with Crippen LogP contribution in [0.4, 0.5) is 11.4 Å². The number of Topliss-reactive ketones (excluding diaryl/α,β-unsaturated/α-hetero) is 1. The van der Waals surface area contributed by atoms with E-state index in [1.54, 1.807) is 6.07 Å². The molecule has 1 aromatic carbocycles. The Morgan fingerprint density at radius 3 is 2.76 bits per heavy atom. The Kier molecular flexibility index (Phi) is 4.97. The van der Waals surface area contributed by atoms with Crippen LogP contribution in [0.5, 0.6) is 0 Å². The summed E-state index contributed by atoms with van der Waals surface area (Å²) in [7, 11) is 1.97. The largest absolute Gasteiger partial charge is 0.398 e. The summed E-state index contributed by atoms with van der Waals surface area (Å²) in [5.41, 5.74) is 7.83. The highest BCUT2D eigenvalue weighted by Gasteiger charge is 2.08. The molecule has 94 valence electrons. The SMILES string of the molecule is CCOCCN(C)c1ccc(N)c(C(C)=O)c1. The minimum Gasteiger partial charge on any atom is -0.398 e. The first kappa shape index (κ1) is 13.5. The normalized spacial score (nSPS) is 10.3. The lowest BCUT2D eigenvalue weighted by atomic mass is 10.1. The molecule has 0 heterocycles. The quantitative estimate of drug-likeness (QED) is 0.466. The zero-order valence-corrected chi connectivity index (χ0v) is 10.7. The van der Waals surface area contributed by atoms with Crippen molar-refractivity contribution in [3.8, 4) is 0 Å². The van der Waals surface area contributed by atoms with Crippen LogP contribution in [0.25, 0.3) is 0 Å². The summed E-state index contributed by atoms with van der Waals surface area (Å²) in [6.45, 7) is 5.67. The van der Waals surface area contributed by atoms with Gasteiger partial charge >= 0.3 is 0 Å². The second-order valence-corrected chi connectivity index (χ2v) is 3.95. The Bertz CT molecular complexity index is 391. The summed E-state index contributed by atoms with van der Waals surface area (Å²) < 4.78 is 5.29. The average molecular weight is 236 g/mol. The minimum atomic E-state index is -0.0115. The van der Waals surface area contributed by atoms with Gasteiger partial charge in [-0.2, -0.15) is 0 Å². The molecule has 0 bridgehead atoms. The van der Waals surface area contributed by atoms with Crippen molar-refractivity contribution in [2.45, 2.75) is 13.8 Å². The van der Waals surface area contributed by atoms with Crippen LogP contribution in [0.1, 0.15) is 24.2 Å². The number of ether oxygens (including phenoxy) is 1. The highest BCUT2D eigenvalue weighted by atomic mass is 16.5. The Morgan fingerprint density at radius 2 is 2.18 bits per heavy atom. The average Bonchev–Trinajstić information content (AvgIpc) is 2.29. The van der Waals surface area contributed by atoms with E-state index in [0.29, 0.717) is 24.5 Å². The molecule has 1 rings (SSSR count). The van der Waals surface area contributed by atoms with Gasteiger partial charge in [-0.05, 0) is 32.0 Å². The van der Waals surface area contributed by atoms with E-state index in [4.69, 9.17) is 10.5 Å². The first-order chi connectivity index (χ1) is 8.06. The first-order valence-corrected chi connectivity index (χ1v) is 5.75. The lowest BCUT2D eigenvalue weighted by Gasteiger charge is -2.20. The zero-order valence-electron chi connectivity index (χ0n) is 10.7. The van der Waals surface area contributed by atoms with Crippen LogP contribution in [-0.2, 0) is 4.74 Å². The molecular formula is C13H20N2O2. The molecule has 0 aliphatic rings. The zero-order chi connectivity index (χ0) is 12.8. The van der Waals surface area contributed by atoms with Crippen molar-refractivity contribution in [3.63, 3.8) is 0 Å². The van der Waals surface area contributed by atoms with Crippen molar-refractivity contribution in [2.75, 3.05) is 37.4 Å². The Labute approximate surface area is 102 Å². The second kappa shape index (κ2) is 6.25. The standard InChI is InChI=1S/C13H20N2O2/c1-4-17-8-7-15(3)11-5-6-13(14)12(9-11)10(2)16/h5-6,9H,4,7-8,14H2,1-3H3. The third-order valence-corrected chi connectivity index (χ3v) is 2.63. The Balaban J connectivity index is 2.77. The summed E-state index contributed by atoms with van der Waals surface area (Å²) in [5, 5.41) is 0. The first-order valence-electron chi connectivity index (χ1n) is 5.75. The Morgan fingerprint density at radius 1 is 1.47 bits per heavy atom. The van der Waals surface area contributed by atoms with Gasteiger partial charge in [0.2, 0.25) is 0 Å². The predicted molar refractivity (Wildman–Crippen MR) is 70.6 cm³/mol. The van der Waals surface area contributed by atoms with Crippen LogP contribution in [-0.4, -0.2) is 32.6 Å². The fourth-order valence-corrected chi connectivity index (χ4v) is 1.56. The molecule has 0 saturated carbocycles. The number of nitrogens with zero attached hydrogens (tertiary/aromatic N) is 1. The number of carbonyl (C=O) groups excluding carboxylic acids is 1. The van der Waals surface area contributed by atoms with Gasteiger partial charge in [0, 0.05) is 37.1 Å². The highest BCUT2D eigenvalue weighted by Crippen LogP contribution is 2.20. The molecule has 0 amide bonds. The van der Waals surface area contributed by atoms with Crippen molar-refractivity contribution in [1.29, 1.82) is 0 Å². The number of carbonyl (C=O) groups is 1. The maximum atomic E-state index is 11.4. The number of rotatable bonds is 6. The molecule has 0 fully saturated rings. The van der Waals surface area contributed by atoms with Gasteiger partial charge in [-0.15, -0.1) is 0 Å². The third kappa shape index (κ3) is 3.75. The number of anilines is 2. The lowest BCUT2D eigenvalue weighted by molar-refractivity contribution is 0.101. The highest BCUT2D eigenvalue weighted by molar-refractivity contribution is 6.00. The fourth-order valence-electron chi connectivity index (χ4n) is 1.56. The molecule has 0 unspecified atom stereocenters. The van der Waals surface area contributed by atoms with E-state index >= 15 is 0 Å². The van der Waals surface area contributed by atoms with Crippen molar-refractivity contribution >= 4 is 17.2 Å². The van der Waals surface area contributed by atoms with Crippen molar-refractivity contribution in [2.24, 2.45) is 0 Å². The van der Waals surface area contributed by atoms with Crippen LogP contribution in [0.15, 0.2) is 18.2 Å². The van der Waals surface area contributed by atoms with E-state index in [-0.39, 0.29) is 5.78 Å². The summed E-state index contributed by atoms with van der Waals surface area (Å²) in [6.07, 6.45) is 0. The summed E-state index contributed by atoms with van der Waals surface area (Å²) in [5.74, 6) is -0.0115. The fraction of sp³-hybridized carbons (Fsp3) is 0.462. The van der Waals surface area contributed by atoms with E-state index in [9.17, 15) is 4.79 Å². The minimum absolute atomic E-state index is 0.0115. The second-order valence-electron chi connectivity index (χ2n) is 3.95. The van der Waals surface area contributed by atoms with Crippen molar-refractivity contribution < 1.29 is 9.53 Å². The molecule has 0 atom stereocenters. The molecule has 0 aromatic heterocycles. The number of benzene rings is 1. The van der Waals surface area contributed by atoms with Crippen LogP contribution in [0.2, 0.25) is 0 Å². The molecule has 4 heteroatoms. The number of hydrogen-bond acceptors (Lipinski definition) is 4. The molecule has 0 aliphatic carbocycles. The number of ketones is 1. The third-order valence-electron chi connectivity index (χ3n) is 2.63. The van der Waals surface area contributed by atoms with E-state index in [2.05, 4.69) is 0 Å². The number of nitrogen functional groups attached to an aromatic ring is 1. The van der Waals surface area contributed by atoms with Gasteiger partial charge in [-0.1, -0.05) is 0 Å². The van der Waals surface area contributed by atoms with E-state index in [0.717, 1.165) is 12.2 Å². The number of likely N-dealkylation sites (N-methyl/N-ethyl adjacent to an activating group) is 1. The lowest BCUT2D eigenvalue weighted by Crippen LogP contribution is -2.22. The Hall–Kier alpha value is -1.55. The van der Waals surface area contributed by atoms with E-state index in [1.807, 2.05) is 31.0 Å². The molecule has 0 spiro atoms. The summed E-state index contributed by atoms with van der Waals surface area (Å²) in [4.78, 5) is 13.4. The topological polar surface area (TPSA) is 55.6 Å². The molecule has 17 heavy (non-hydrogen) atoms. The van der Waals surface area contributed by atoms with Crippen LogP contribution >= 0.6 is 0 Å². The predicted octanol–water partition coefficient (Wildman–Crippen LogP) is 1.94. The number of hydrogen-bond donors (Lipinski definition) is 1. The van der Waals surface area contributed by atoms with E-state index in [1.165, 1.54) is 6.92 Å². The van der Waals surface area contributed by atoms with Gasteiger partial charge in [0.05, 0.1) is 6.61 Å². The molecule has 1 aromatic rings. The van der Waals surface area contributed by atoms with E-state index < -0.39 is 0 Å². The number of nitrogens with two attached hydrogens (primary N) is 1. The maximum absolute atomic E-state index is 11.4. The van der Waals surface area contributed by atoms with Gasteiger partial charge in [0.25, 0.3) is 0 Å². The monoisotopic (exact) mass is 236 g/mol. The summed E-state index contributed by atoms with van der Waals surface area (Å²) >= 11 is 0. The van der Waals surface area contributed by atoms with Crippen LogP contribution in [0, 0.1) is 0 Å². The molecular weight excluding hydrogens is 216 g/mol. The molecule has 4 nitrogen and oxygen atoms in total. The van der Waals surface area contributed by atoms with Gasteiger partial charge in [-0.3, -0.25) is 4.79 Å². The molecule has 0 aliphatic heterocycles. The van der Waals surface area contributed by atoms with Crippen LogP contribution in [0.3, 0.4) is 0 Å². The van der Waals surface area contributed by atoms with Gasteiger partial charge in [0.15, 0.2) is 5.78 Å². The summed E-state index contributed by atoms with van der Waals surface area (Å²) in [6, 6.07) is 5.50. The smallest absolute Gasteiger partial charge is 0.161 e. The van der Waals surface area contributed by atoms with Gasteiger partial charge in [0.1, 0.15) is 0 Å².